The summed E-state index contributed by atoms with van der Waals surface area (Å²) in [5.41, 5.74) is 0.566. The molecule has 1 radical (unpaired) electrons. The van der Waals surface area contributed by atoms with Crippen molar-refractivity contribution in [3.05, 3.63) is 30.3 Å². The van der Waals surface area contributed by atoms with Crippen molar-refractivity contribution >= 4 is 11.0 Å². The molecule has 0 aliphatic heterocycles. The minimum Gasteiger partial charge on any atom is -0.346 e. The smallest absolute Gasteiger partial charge is 0.143 e. The van der Waals surface area contributed by atoms with Gasteiger partial charge < -0.3 is 4.98 Å². The number of hydrogen-bond donors (Lipinski definition) is 1. The van der Waals surface area contributed by atoms with Gasteiger partial charge in [-0.3, -0.25) is 0 Å². The highest BCUT2D eigenvalue weighted by molar-refractivity contribution is 5.75. The topological polar surface area (TPSA) is 28.7 Å². The maximum Gasteiger partial charge on any atom is 0.143 e. The van der Waals surface area contributed by atoms with E-state index >= 15 is 0 Å². The fourth-order valence-corrected chi connectivity index (χ4v) is 0.876. The van der Waals surface area contributed by atoms with Crippen molar-refractivity contribution in [3.63, 3.8) is 0 Å². The Morgan fingerprint density at radius 2 is 2.50 bits per heavy atom. The van der Waals surface area contributed by atoms with E-state index < -0.39 is 0 Å². The van der Waals surface area contributed by atoms with Crippen LogP contribution < -0.4 is 0 Å². The van der Waals surface area contributed by atoms with Gasteiger partial charge in [0, 0.05) is 18.5 Å². The molecule has 2 nitrogen and oxygen atoms in total. The van der Waals surface area contributed by atoms with Crippen LogP contribution in [0, 0.1) is 11.9 Å². The van der Waals surface area contributed by atoms with E-state index in [0.29, 0.717) is 11.0 Å². The number of H-pyrrole nitrogens is 1. The molecule has 0 aliphatic rings. The number of aromatic nitrogens is 2. The van der Waals surface area contributed by atoms with Crippen LogP contribution in [0.1, 0.15) is 0 Å². The molecule has 0 atom stereocenters. The molecule has 2 aromatic rings. The number of aromatic amines is 1. The summed E-state index contributed by atoms with van der Waals surface area (Å²) in [5.74, 6) is -0.355. The normalized spacial score (nSPS) is 10.5. The standard InChI is InChI=1S/C7H4FN2/c8-6-2-4-10-7-5(6)1-3-9-7/h1,3-4H,(H,9,10). The predicted octanol–water partition coefficient (Wildman–Crippen LogP) is 1.50. The molecule has 0 amide bonds. The molecule has 0 saturated heterocycles. The van der Waals surface area contributed by atoms with Crippen LogP contribution in [-0.2, 0) is 0 Å². The van der Waals surface area contributed by atoms with Gasteiger partial charge in [0.05, 0.1) is 5.39 Å². The van der Waals surface area contributed by atoms with Crippen molar-refractivity contribution in [2.24, 2.45) is 0 Å². The minimum atomic E-state index is -0.355. The molecule has 2 aromatic heterocycles. The molecular weight excluding hydrogens is 131 g/mol. The van der Waals surface area contributed by atoms with Gasteiger partial charge in [0.25, 0.3) is 0 Å². The number of fused-ring (bicyclic) bond motifs is 1. The van der Waals surface area contributed by atoms with E-state index in [0.717, 1.165) is 0 Å². The third-order valence-electron chi connectivity index (χ3n) is 1.35. The van der Waals surface area contributed by atoms with Gasteiger partial charge in [-0.1, -0.05) is 0 Å². The average Bonchev–Trinajstić information content (AvgIpc) is 2.36. The molecule has 2 heterocycles. The van der Waals surface area contributed by atoms with Gasteiger partial charge in [-0.15, -0.1) is 0 Å². The zero-order chi connectivity index (χ0) is 6.97. The van der Waals surface area contributed by atoms with E-state index in [-0.39, 0.29) is 5.82 Å². The van der Waals surface area contributed by atoms with Gasteiger partial charge in [-0.25, -0.2) is 9.37 Å². The van der Waals surface area contributed by atoms with Crippen LogP contribution >= 0.6 is 0 Å². The van der Waals surface area contributed by atoms with Crippen LogP contribution in [-0.4, -0.2) is 9.97 Å². The molecule has 0 spiro atoms. The molecular formula is C7H4FN2. The largest absolute Gasteiger partial charge is 0.346 e. The molecule has 0 aliphatic carbocycles. The second kappa shape index (κ2) is 1.80. The van der Waals surface area contributed by atoms with Gasteiger partial charge >= 0.3 is 0 Å². The highest BCUT2D eigenvalue weighted by Gasteiger charge is 1.99. The SMILES string of the molecule is Fc1[c]cnc2[nH]ccc12. The van der Waals surface area contributed by atoms with E-state index in [2.05, 4.69) is 16.0 Å². The summed E-state index contributed by atoms with van der Waals surface area (Å²) in [6, 6.07) is 4.00. The maximum atomic E-state index is 12.7. The third-order valence-corrected chi connectivity index (χ3v) is 1.35. The number of nitrogens with zero attached hydrogens (tertiary/aromatic N) is 1. The van der Waals surface area contributed by atoms with Crippen LogP contribution in [0.4, 0.5) is 4.39 Å². The van der Waals surface area contributed by atoms with E-state index in [4.69, 9.17) is 0 Å². The van der Waals surface area contributed by atoms with E-state index in [1.165, 1.54) is 6.20 Å². The summed E-state index contributed by atoms with van der Waals surface area (Å²) in [5, 5.41) is 0.488. The minimum absolute atomic E-state index is 0.355. The first-order chi connectivity index (χ1) is 4.88. The molecule has 0 bridgehead atoms. The van der Waals surface area contributed by atoms with Gasteiger partial charge in [0.15, 0.2) is 0 Å². The van der Waals surface area contributed by atoms with Crippen molar-refractivity contribution < 1.29 is 4.39 Å². The van der Waals surface area contributed by atoms with Crippen LogP contribution in [0.5, 0.6) is 0 Å². The second-order valence-electron chi connectivity index (χ2n) is 1.96. The van der Waals surface area contributed by atoms with Gasteiger partial charge in [0.2, 0.25) is 0 Å². The van der Waals surface area contributed by atoms with Gasteiger partial charge in [-0.05, 0) is 6.07 Å². The molecule has 0 aromatic carbocycles. The third kappa shape index (κ3) is 0.603. The highest BCUT2D eigenvalue weighted by atomic mass is 19.1. The fraction of sp³-hybridized carbons (Fsp3) is 0. The van der Waals surface area contributed by atoms with Crippen LogP contribution in [0.25, 0.3) is 11.0 Å². The molecule has 1 N–H and O–H groups in total. The van der Waals surface area contributed by atoms with Crippen LogP contribution in [0.15, 0.2) is 18.5 Å². The van der Waals surface area contributed by atoms with E-state index in [1.807, 2.05) is 0 Å². The van der Waals surface area contributed by atoms with Crippen LogP contribution in [0.2, 0.25) is 0 Å². The number of halogens is 1. The molecule has 49 valence electrons. The number of hydrogen-bond acceptors (Lipinski definition) is 1. The van der Waals surface area contributed by atoms with Crippen molar-refractivity contribution in [1.82, 2.24) is 9.97 Å². The molecule has 10 heavy (non-hydrogen) atoms. The summed E-state index contributed by atoms with van der Waals surface area (Å²) in [6.07, 6.45) is 2.96. The molecule has 0 unspecified atom stereocenters. The van der Waals surface area contributed by atoms with Crippen LogP contribution in [0.3, 0.4) is 0 Å². The Bertz CT molecular complexity index is 353. The Kier molecular flexibility index (Phi) is 0.974. The van der Waals surface area contributed by atoms with Gasteiger partial charge in [-0.2, -0.15) is 0 Å². The average molecular weight is 135 g/mol. The van der Waals surface area contributed by atoms with E-state index in [9.17, 15) is 4.39 Å². The quantitative estimate of drug-likeness (QED) is 0.582. The lowest BCUT2D eigenvalue weighted by atomic mass is 10.3. The zero-order valence-corrected chi connectivity index (χ0v) is 5.06. The molecule has 0 saturated carbocycles. The Hall–Kier alpha value is -1.38. The van der Waals surface area contributed by atoms with Gasteiger partial charge in [0.1, 0.15) is 11.5 Å². The molecule has 2 rings (SSSR count). The number of pyridine rings is 1. The lowest BCUT2D eigenvalue weighted by Crippen LogP contribution is -1.78. The Balaban J connectivity index is 2.95. The molecule has 0 fully saturated rings. The summed E-state index contributed by atoms with van der Waals surface area (Å²) in [7, 11) is 0. The second-order valence-corrected chi connectivity index (χ2v) is 1.96. The van der Waals surface area contributed by atoms with Crippen molar-refractivity contribution in [2.45, 2.75) is 0 Å². The first-order valence-corrected chi connectivity index (χ1v) is 2.87. The van der Waals surface area contributed by atoms with E-state index in [1.54, 1.807) is 12.3 Å². The monoisotopic (exact) mass is 135 g/mol. The summed E-state index contributed by atoms with van der Waals surface area (Å²) in [4.78, 5) is 6.64. The fourth-order valence-electron chi connectivity index (χ4n) is 0.876. The Morgan fingerprint density at radius 3 is 3.30 bits per heavy atom. The van der Waals surface area contributed by atoms with Crippen molar-refractivity contribution in [1.29, 1.82) is 0 Å². The first kappa shape index (κ1) is 5.41. The molecule has 3 heteroatoms. The lowest BCUT2D eigenvalue weighted by molar-refractivity contribution is 0.636. The van der Waals surface area contributed by atoms with Crippen molar-refractivity contribution in [3.8, 4) is 0 Å². The predicted molar refractivity (Wildman–Crippen MR) is 34.9 cm³/mol. The maximum absolute atomic E-state index is 12.7. The summed E-state index contributed by atoms with van der Waals surface area (Å²) in [6.45, 7) is 0. The Labute approximate surface area is 56.7 Å². The number of nitrogens with one attached hydrogen (secondary N) is 1. The lowest BCUT2D eigenvalue weighted by Gasteiger charge is -1.87. The summed E-state index contributed by atoms with van der Waals surface area (Å²) < 4.78 is 12.7. The Morgan fingerprint density at radius 1 is 1.60 bits per heavy atom. The zero-order valence-electron chi connectivity index (χ0n) is 5.06. The van der Waals surface area contributed by atoms with Crippen molar-refractivity contribution in [2.75, 3.05) is 0 Å². The highest BCUT2D eigenvalue weighted by Crippen LogP contribution is 2.11. The summed E-state index contributed by atoms with van der Waals surface area (Å²) >= 11 is 0. The first-order valence-electron chi connectivity index (χ1n) is 2.87. The number of rotatable bonds is 0.